The van der Waals surface area contributed by atoms with Gasteiger partial charge in [0.05, 0.1) is 0 Å². The molecule has 2 radical (unpaired) electrons. The van der Waals surface area contributed by atoms with Crippen molar-refractivity contribution >= 4 is 0 Å². The van der Waals surface area contributed by atoms with Gasteiger partial charge in [0.1, 0.15) is 0 Å². The number of benzene rings is 1. The van der Waals surface area contributed by atoms with Gasteiger partial charge in [0.25, 0.3) is 0 Å². The maximum atomic E-state index is 3.61. The van der Waals surface area contributed by atoms with Crippen molar-refractivity contribution in [1.29, 1.82) is 0 Å². The van der Waals surface area contributed by atoms with Crippen LogP contribution in [-0.2, 0) is 0 Å². The monoisotopic (exact) mass is 130 g/mol. The summed E-state index contributed by atoms with van der Waals surface area (Å²) < 4.78 is 0. The molecule has 0 fully saturated rings. The van der Waals surface area contributed by atoms with Crippen LogP contribution in [0.5, 0.6) is 0 Å². The quantitative estimate of drug-likeness (QED) is 0.552. The van der Waals surface area contributed by atoms with Crippen LogP contribution in [0.4, 0.5) is 0 Å². The van der Waals surface area contributed by atoms with Gasteiger partial charge in [0.2, 0.25) is 0 Å². The minimum absolute atomic E-state index is 0.823. The third-order valence-corrected chi connectivity index (χ3v) is 1.22. The van der Waals surface area contributed by atoms with Crippen molar-refractivity contribution in [3.63, 3.8) is 0 Å². The average molecular weight is 130 g/mol. The highest BCUT2D eigenvalue weighted by Gasteiger charge is 1.87. The molecule has 0 unspecified atom stereocenters. The predicted octanol–water partition coefficient (Wildman–Crippen LogP) is 2.69. The molecule has 50 valence electrons. The average Bonchev–Trinajstić information content (AvgIpc) is 2.03. The van der Waals surface area contributed by atoms with Crippen molar-refractivity contribution < 1.29 is 0 Å². The molecular formula is C10H10. The Morgan fingerprint density at radius 1 is 1.30 bits per heavy atom. The van der Waals surface area contributed by atoms with Crippen LogP contribution in [0.25, 0.3) is 0 Å². The van der Waals surface area contributed by atoms with Crippen LogP contribution in [0.15, 0.2) is 43.0 Å². The summed E-state index contributed by atoms with van der Waals surface area (Å²) in [5.41, 5.74) is 1.14. The summed E-state index contributed by atoms with van der Waals surface area (Å²) in [5.74, 6) is 0. The van der Waals surface area contributed by atoms with Gasteiger partial charge in [-0.05, 0) is 12.0 Å². The number of rotatable bonds is 3. The Morgan fingerprint density at radius 2 is 2.00 bits per heavy atom. The van der Waals surface area contributed by atoms with Gasteiger partial charge in [-0.15, -0.1) is 6.58 Å². The van der Waals surface area contributed by atoms with E-state index in [9.17, 15) is 0 Å². The van der Waals surface area contributed by atoms with Gasteiger partial charge < -0.3 is 0 Å². The largest absolute Gasteiger partial charge is 0.103 e. The molecule has 0 heterocycles. The van der Waals surface area contributed by atoms with Gasteiger partial charge in [-0.25, -0.2) is 0 Å². The van der Waals surface area contributed by atoms with Crippen molar-refractivity contribution in [2.45, 2.75) is 6.42 Å². The predicted molar refractivity (Wildman–Crippen MR) is 43.6 cm³/mol. The molecule has 0 saturated carbocycles. The fraction of sp³-hybridized carbons (Fsp3) is 0.100. The van der Waals surface area contributed by atoms with Gasteiger partial charge in [-0.2, -0.15) is 0 Å². The van der Waals surface area contributed by atoms with E-state index in [2.05, 4.69) is 13.0 Å². The van der Waals surface area contributed by atoms with Crippen LogP contribution in [0, 0.1) is 6.42 Å². The summed E-state index contributed by atoms with van der Waals surface area (Å²) in [6, 6.07) is 10.1. The highest BCUT2D eigenvalue weighted by Crippen LogP contribution is 2.03. The lowest BCUT2D eigenvalue weighted by Gasteiger charge is -1.93. The Balaban J connectivity index is 2.50. The third-order valence-electron chi connectivity index (χ3n) is 1.22. The standard InChI is InChI=1S/C10H10/c1-2-3-7-10-8-5-4-6-9-10/h2,4-6,8-9H,1,3H2. The first-order chi connectivity index (χ1) is 4.93. The van der Waals surface area contributed by atoms with E-state index in [1.54, 1.807) is 0 Å². The first-order valence-corrected chi connectivity index (χ1v) is 3.33. The van der Waals surface area contributed by atoms with Gasteiger partial charge in [0.15, 0.2) is 0 Å². The van der Waals surface area contributed by atoms with Crippen LogP contribution in [0.3, 0.4) is 0 Å². The zero-order chi connectivity index (χ0) is 7.23. The van der Waals surface area contributed by atoms with Crippen LogP contribution < -0.4 is 0 Å². The maximum Gasteiger partial charge on any atom is 0.0205 e. The van der Waals surface area contributed by atoms with Crippen molar-refractivity contribution in [3.8, 4) is 0 Å². The SMILES string of the molecule is C=CC[C]c1ccccc1. The molecule has 0 aromatic heterocycles. The number of allylic oxidation sites excluding steroid dienone is 1. The zero-order valence-electron chi connectivity index (χ0n) is 5.88. The number of hydrogen-bond donors (Lipinski definition) is 0. The normalized spacial score (nSPS) is 9.20. The Bertz CT molecular complexity index is 186. The second-order valence-corrected chi connectivity index (χ2v) is 2.04. The second-order valence-electron chi connectivity index (χ2n) is 2.04. The first kappa shape index (κ1) is 7.07. The molecule has 0 aliphatic rings. The third kappa shape index (κ3) is 2.06. The Hall–Kier alpha value is -1.04. The lowest BCUT2D eigenvalue weighted by Crippen LogP contribution is -1.76. The molecule has 0 amide bonds. The molecule has 10 heavy (non-hydrogen) atoms. The summed E-state index contributed by atoms with van der Waals surface area (Å²) in [4.78, 5) is 0. The smallest absolute Gasteiger partial charge is 0.0205 e. The summed E-state index contributed by atoms with van der Waals surface area (Å²) in [7, 11) is 0. The molecule has 0 nitrogen and oxygen atoms in total. The van der Waals surface area contributed by atoms with E-state index in [0.717, 1.165) is 12.0 Å². The molecule has 0 N–H and O–H groups in total. The molecule has 1 aromatic carbocycles. The molecule has 0 bridgehead atoms. The molecule has 0 atom stereocenters. The fourth-order valence-corrected chi connectivity index (χ4v) is 0.746. The molecule has 0 spiro atoms. The summed E-state index contributed by atoms with van der Waals surface area (Å²) in [5, 5.41) is 0. The van der Waals surface area contributed by atoms with Crippen LogP contribution in [0.2, 0.25) is 0 Å². The molecule has 0 heteroatoms. The molecule has 1 rings (SSSR count). The fourth-order valence-electron chi connectivity index (χ4n) is 0.746. The summed E-state index contributed by atoms with van der Waals surface area (Å²) in [6.45, 7) is 3.61. The summed E-state index contributed by atoms with van der Waals surface area (Å²) >= 11 is 0. The minimum atomic E-state index is 0.823. The van der Waals surface area contributed by atoms with Crippen LogP contribution in [-0.4, -0.2) is 0 Å². The Labute approximate surface area is 62.2 Å². The van der Waals surface area contributed by atoms with Crippen molar-refractivity contribution in [2.75, 3.05) is 0 Å². The van der Waals surface area contributed by atoms with E-state index in [-0.39, 0.29) is 0 Å². The molecule has 0 aliphatic heterocycles. The van der Waals surface area contributed by atoms with E-state index in [0.29, 0.717) is 0 Å². The highest BCUT2D eigenvalue weighted by atomic mass is 13.9. The number of hydrogen-bond acceptors (Lipinski definition) is 0. The second kappa shape index (κ2) is 3.89. The van der Waals surface area contributed by atoms with Gasteiger partial charge in [-0.3, -0.25) is 0 Å². The molecule has 0 aliphatic carbocycles. The maximum absolute atomic E-state index is 3.61. The molecular weight excluding hydrogens is 120 g/mol. The Morgan fingerprint density at radius 3 is 2.60 bits per heavy atom. The lowest BCUT2D eigenvalue weighted by molar-refractivity contribution is 1.25. The Kier molecular flexibility index (Phi) is 2.75. The highest BCUT2D eigenvalue weighted by molar-refractivity contribution is 5.22. The van der Waals surface area contributed by atoms with E-state index in [4.69, 9.17) is 0 Å². The van der Waals surface area contributed by atoms with Crippen molar-refractivity contribution in [3.05, 3.63) is 55.0 Å². The van der Waals surface area contributed by atoms with Gasteiger partial charge >= 0.3 is 0 Å². The van der Waals surface area contributed by atoms with E-state index in [1.807, 2.05) is 36.4 Å². The zero-order valence-corrected chi connectivity index (χ0v) is 5.88. The summed E-state index contributed by atoms with van der Waals surface area (Å²) in [6.07, 6.45) is 5.84. The van der Waals surface area contributed by atoms with E-state index in [1.165, 1.54) is 0 Å². The van der Waals surface area contributed by atoms with Gasteiger partial charge in [-0.1, -0.05) is 36.4 Å². The van der Waals surface area contributed by atoms with Gasteiger partial charge in [0, 0.05) is 6.42 Å². The molecule has 1 aromatic rings. The topological polar surface area (TPSA) is 0 Å². The van der Waals surface area contributed by atoms with Crippen LogP contribution >= 0.6 is 0 Å². The first-order valence-electron chi connectivity index (χ1n) is 3.33. The van der Waals surface area contributed by atoms with Crippen molar-refractivity contribution in [1.82, 2.24) is 0 Å². The van der Waals surface area contributed by atoms with E-state index < -0.39 is 0 Å². The van der Waals surface area contributed by atoms with E-state index >= 15 is 0 Å². The van der Waals surface area contributed by atoms with Crippen molar-refractivity contribution in [2.24, 2.45) is 0 Å². The molecule has 0 saturated heterocycles. The lowest BCUT2D eigenvalue weighted by atomic mass is 10.1. The van der Waals surface area contributed by atoms with Crippen LogP contribution in [0.1, 0.15) is 12.0 Å². The minimum Gasteiger partial charge on any atom is -0.103 e.